The Morgan fingerprint density at radius 2 is 1.57 bits per heavy atom. The van der Waals surface area contributed by atoms with Gasteiger partial charge in [-0.3, -0.25) is 9.59 Å². The van der Waals surface area contributed by atoms with E-state index in [9.17, 15) is 19.5 Å². The van der Waals surface area contributed by atoms with Crippen molar-refractivity contribution in [2.45, 2.75) is 60.7 Å². The van der Waals surface area contributed by atoms with Crippen LogP contribution in [-0.2, 0) is 31.9 Å². The van der Waals surface area contributed by atoms with E-state index >= 15 is 0 Å². The number of hydrogen-bond acceptors (Lipinski definition) is 5. The molecule has 7 nitrogen and oxygen atoms in total. The lowest BCUT2D eigenvalue weighted by Gasteiger charge is -2.23. The molecule has 0 bridgehead atoms. The lowest BCUT2D eigenvalue weighted by atomic mass is 9.95. The summed E-state index contributed by atoms with van der Waals surface area (Å²) < 4.78 is 10.4. The molecule has 168 valence electrons. The molecule has 0 aromatic heterocycles. The van der Waals surface area contributed by atoms with E-state index in [2.05, 4.69) is 19.2 Å². The van der Waals surface area contributed by atoms with Gasteiger partial charge in [0.1, 0.15) is 0 Å². The second-order valence-corrected chi connectivity index (χ2v) is 8.65. The zero-order valence-corrected chi connectivity index (χ0v) is 18.8. The SMILES string of the molecule is CC(C)Cc1cccc(C[C@@H](CNC(=O)O[C@@H](OC(=O)C(C)C)C(C)C)C(=O)O)c1. The third kappa shape index (κ3) is 9.29. The molecule has 0 saturated carbocycles. The molecule has 0 aliphatic carbocycles. The molecule has 7 heteroatoms. The van der Waals surface area contributed by atoms with E-state index in [1.54, 1.807) is 27.7 Å². The third-order valence-electron chi connectivity index (χ3n) is 4.43. The highest BCUT2D eigenvalue weighted by Crippen LogP contribution is 2.15. The highest BCUT2D eigenvalue weighted by atomic mass is 16.7. The van der Waals surface area contributed by atoms with Gasteiger partial charge in [-0.1, -0.05) is 65.8 Å². The number of benzene rings is 1. The number of carbonyl (C=O) groups excluding carboxylic acids is 2. The Morgan fingerprint density at radius 1 is 0.967 bits per heavy atom. The summed E-state index contributed by atoms with van der Waals surface area (Å²) in [6.07, 6.45) is -0.639. The Hall–Kier alpha value is -2.57. The monoisotopic (exact) mass is 421 g/mol. The molecule has 30 heavy (non-hydrogen) atoms. The zero-order chi connectivity index (χ0) is 22.8. The van der Waals surface area contributed by atoms with Crippen molar-refractivity contribution < 1.29 is 29.0 Å². The van der Waals surface area contributed by atoms with Crippen molar-refractivity contribution in [3.05, 3.63) is 35.4 Å². The Morgan fingerprint density at radius 3 is 2.07 bits per heavy atom. The van der Waals surface area contributed by atoms with Crippen LogP contribution in [0.4, 0.5) is 4.79 Å². The molecule has 2 N–H and O–H groups in total. The number of esters is 1. The molecule has 1 aromatic carbocycles. The number of carboxylic acids is 1. The van der Waals surface area contributed by atoms with Crippen LogP contribution in [0.25, 0.3) is 0 Å². The number of nitrogens with one attached hydrogen (secondary N) is 1. The Labute approximate surface area is 179 Å². The maximum Gasteiger partial charge on any atom is 0.410 e. The fourth-order valence-electron chi connectivity index (χ4n) is 2.79. The summed E-state index contributed by atoms with van der Waals surface area (Å²) in [6, 6.07) is 7.84. The van der Waals surface area contributed by atoms with E-state index in [4.69, 9.17) is 9.47 Å². The molecule has 0 aliphatic rings. The molecule has 1 amide bonds. The van der Waals surface area contributed by atoms with Gasteiger partial charge in [-0.15, -0.1) is 0 Å². The summed E-state index contributed by atoms with van der Waals surface area (Å²) in [4.78, 5) is 35.6. The van der Waals surface area contributed by atoms with Gasteiger partial charge in [0.2, 0.25) is 0 Å². The molecule has 0 fully saturated rings. The molecule has 0 radical (unpaired) electrons. The minimum Gasteiger partial charge on any atom is -0.481 e. The van der Waals surface area contributed by atoms with E-state index in [-0.39, 0.29) is 24.8 Å². The minimum atomic E-state index is -1.03. The van der Waals surface area contributed by atoms with Crippen LogP contribution in [-0.4, -0.2) is 36.0 Å². The Kier molecular flexibility index (Phi) is 10.4. The largest absolute Gasteiger partial charge is 0.481 e. The highest BCUT2D eigenvalue weighted by Gasteiger charge is 2.25. The van der Waals surface area contributed by atoms with E-state index in [0.29, 0.717) is 5.92 Å². The van der Waals surface area contributed by atoms with Crippen molar-refractivity contribution >= 4 is 18.0 Å². The maximum atomic E-state index is 12.1. The maximum absolute atomic E-state index is 12.1. The van der Waals surface area contributed by atoms with Gasteiger partial charge in [-0.25, -0.2) is 4.79 Å². The number of carbonyl (C=O) groups is 3. The van der Waals surface area contributed by atoms with Crippen molar-refractivity contribution in [3.63, 3.8) is 0 Å². The number of carboxylic acid groups (broad SMARTS) is 1. The van der Waals surface area contributed by atoms with Gasteiger partial charge < -0.3 is 19.9 Å². The number of rotatable bonds is 11. The van der Waals surface area contributed by atoms with Gasteiger partial charge in [0.05, 0.1) is 11.8 Å². The minimum absolute atomic E-state index is 0.0917. The van der Waals surface area contributed by atoms with E-state index in [1.165, 1.54) is 0 Å². The number of hydrogen-bond donors (Lipinski definition) is 2. The number of alkyl carbamates (subject to hydrolysis) is 1. The quantitative estimate of drug-likeness (QED) is 0.413. The summed E-state index contributed by atoms with van der Waals surface area (Å²) in [5.74, 6) is -2.35. The van der Waals surface area contributed by atoms with Crippen LogP contribution >= 0.6 is 0 Å². The first kappa shape index (κ1) is 25.5. The van der Waals surface area contributed by atoms with Gasteiger partial charge in [0.15, 0.2) is 0 Å². The first-order valence-electron chi connectivity index (χ1n) is 10.4. The number of ether oxygens (including phenoxy) is 2. The molecule has 1 aromatic rings. The van der Waals surface area contributed by atoms with Crippen molar-refractivity contribution in [2.75, 3.05) is 6.54 Å². The molecular weight excluding hydrogens is 386 g/mol. The molecule has 0 aliphatic heterocycles. The number of aliphatic carboxylic acids is 1. The van der Waals surface area contributed by atoms with Gasteiger partial charge >= 0.3 is 18.0 Å². The fourth-order valence-corrected chi connectivity index (χ4v) is 2.79. The normalized spacial score (nSPS) is 13.2. The predicted molar refractivity (Wildman–Crippen MR) is 114 cm³/mol. The average Bonchev–Trinajstić information content (AvgIpc) is 2.63. The Bertz CT molecular complexity index is 713. The molecular formula is C23H35NO6. The highest BCUT2D eigenvalue weighted by molar-refractivity contribution is 5.73. The lowest BCUT2D eigenvalue weighted by molar-refractivity contribution is -0.178. The summed E-state index contributed by atoms with van der Waals surface area (Å²) in [5, 5.41) is 12.0. The second-order valence-electron chi connectivity index (χ2n) is 8.65. The fraction of sp³-hybridized carbons (Fsp3) is 0.609. The summed E-state index contributed by atoms with van der Waals surface area (Å²) in [6.45, 7) is 11.1. The predicted octanol–water partition coefficient (Wildman–Crippen LogP) is 4.04. The Balaban J connectivity index is 2.68. The van der Waals surface area contributed by atoms with Crippen LogP contribution in [0.1, 0.15) is 52.7 Å². The van der Waals surface area contributed by atoms with Crippen molar-refractivity contribution in [1.29, 1.82) is 0 Å². The van der Waals surface area contributed by atoms with Gasteiger partial charge in [0, 0.05) is 12.5 Å². The summed E-state index contributed by atoms with van der Waals surface area (Å²) in [7, 11) is 0. The molecule has 0 unspecified atom stereocenters. The molecule has 1 rings (SSSR count). The summed E-state index contributed by atoms with van der Waals surface area (Å²) >= 11 is 0. The van der Waals surface area contributed by atoms with Crippen LogP contribution in [0.2, 0.25) is 0 Å². The number of amides is 1. The smallest absolute Gasteiger partial charge is 0.410 e. The van der Waals surface area contributed by atoms with Crippen LogP contribution in [0.5, 0.6) is 0 Å². The van der Waals surface area contributed by atoms with Crippen molar-refractivity contribution in [2.24, 2.45) is 23.7 Å². The molecule has 0 spiro atoms. The first-order valence-corrected chi connectivity index (χ1v) is 10.4. The van der Waals surface area contributed by atoms with Crippen molar-refractivity contribution in [1.82, 2.24) is 5.32 Å². The van der Waals surface area contributed by atoms with Crippen LogP contribution in [0.15, 0.2) is 24.3 Å². The molecule has 0 saturated heterocycles. The summed E-state index contributed by atoms with van der Waals surface area (Å²) in [5.41, 5.74) is 2.06. The van der Waals surface area contributed by atoms with Gasteiger partial charge in [-0.05, 0) is 29.9 Å². The van der Waals surface area contributed by atoms with E-state index < -0.39 is 30.2 Å². The van der Waals surface area contributed by atoms with Gasteiger partial charge in [0.25, 0.3) is 6.29 Å². The lowest BCUT2D eigenvalue weighted by Crippen LogP contribution is -2.39. The van der Waals surface area contributed by atoms with Crippen LogP contribution < -0.4 is 5.32 Å². The van der Waals surface area contributed by atoms with Gasteiger partial charge in [-0.2, -0.15) is 0 Å². The topological polar surface area (TPSA) is 102 Å². The molecule has 0 heterocycles. The standard InChI is InChI=1S/C23H35NO6/c1-14(2)10-17-8-7-9-18(11-17)12-19(20(25)26)13-24-23(28)30-22(16(5)6)29-21(27)15(3)4/h7-9,11,14-16,19,22H,10,12-13H2,1-6H3,(H,24,28)(H,25,26)/t19-,22+/m0/s1. The van der Waals surface area contributed by atoms with Crippen LogP contribution in [0, 0.1) is 23.7 Å². The zero-order valence-electron chi connectivity index (χ0n) is 18.8. The third-order valence-corrected chi connectivity index (χ3v) is 4.43. The van der Waals surface area contributed by atoms with E-state index in [0.717, 1.165) is 17.5 Å². The second kappa shape index (κ2) is 12.2. The van der Waals surface area contributed by atoms with Crippen molar-refractivity contribution in [3.8, 4) is 0 Å². The van der Waals surface area contributed by atoms with Crippen LogP contribution in [0.3, 0.4) is 0 Å². The first-order chi connectivity index (χ1) is 14.0. The molecule has 2 atom stereocenters. The average molecular weight is 422 g/mol. The van der Waals surface area contributed by atoms with E-state index in [1.807, 2.05) is 24.3 Å².